The first kappa shape index (κ1) is 17.3. The fraction of sp³-hybridized carbons (Fsp3) is 0.350. The second-order valence-corrected chi connectivity index (χ2v) is 5.95. The topological polar surface area (TPSA) is 48.0 Å². The molecule has 0 aliphatic carbocycles. The lowest BCUT2D eigenvalue weighted by atomic mass is 10.0. The van der Waals surface area contributed by atoms with E-state index in [1.807, 2.05) is 61.5 Å². The van der Waals surface area contributed by atoms with Gasteiger partial charge in [-0.1, -0.05) is 42.5 Å². The molecule has 1 saturated heterocycles. The van der Waals surface area contributed by atoms with E-state index in [-0.39, 0.29) is 24.7 Å². The van der Waals surface area contributed by atoms with E-state index < -0.39 is 0 Å². The zero-order valence-corrected chi connectivity index (χ0v) is 14.6. The molecule has 132 valence electrons. The van der Waals surface area contributed by atoms with Gasteiger partial charge in [0, 0.05) is 7.05 Å². The highest BCUT2D eigenvalue weighted by atomic mass is 16.6. The number of morpholine rings is 1. The van der Waals surface area contributed by atoms with Gasteiger partial charge in [-0.2, -0.15) is 0 Å². The molecular weight excluding hydrogens is 318 g/mol. The highest BCUT2D eigenvalue weighted by Crippen LogP contribution is 2.34. The minimum atomic E-state index is -0.335. The van der Waals surface area contributed by atoms with Crippen molar-refractivity contribution in [3.8, 4) is 11.5 Å². The number of hydrogen-bond acceptors (Lipinski definition) is 4. The Balaban J connectivity index is 1.89. The standard InChI is InChI=1S/C20H23NO4/c1-3-23-16-11-7-8-12-17(16)25-20(15-9-5-4-6-10-15)18-13-21(2)19(22)14-24-18/h4-12,18,20H,3,13-14H2,1-2H3. The third-order valence-corrected chi connectivity index (χ3v) is 4.17. The molecule has 0 saturated carbocycles. The predicted octanol–water partition coefficient (Wildman–Crippen LogP) is 3.06. The van der Waals surface area contributed by atoms with Gasteiger partial charge in [0.1, 0.15) is 12.7 Å². The average Bonchev–Trinajstić information content (AvgIpc) is 2.64. The molecule has 5 nitrogen and oxygen atoms in total. The monoisotopic (exact) mass is 341 g/mol. The van der Waals surface area contributed by atoms with E-state index in [0.717, 1.165) is 5.56 Å². The summed E-state index contributed by atoms with van der Waals surface area (Å²) in [5.74, 6) is 1.35. The summed E-state index contributed by atoms with van der Waals surface area (Å²) in [6, 6.07) is 17.5. The summed E-state index contributed by atoms with van der Waals surface area (Å²) >= 11 is 0. The Bertz CT molecular complexity index is 704. The number of rotatable bonds is 6. The van der Waals surface area contributed by atoms with Crippen molar-refractivity contribution < 1.29 is 19.0 Å². The van der Waals surface area contributed by atoms with E-state index in [4.69, 9.17) is 14.2 Å². The molecule has 5 heteroatoms. The van der Waals surface area contributed by atoms with Gasteiger partial charge in [-0.05, 0) is 24.6 Å². The Labute approximate surface area is 148 Å². The maximum Gasteiger partial charge on any atom is 0.248 e. The molecule has 3 rings (SSSR count). The van der Waals surface area contributed by atoms with Gasteiger partial charge in [0.05, 0.1) is 13.2 Å². The largest absolute Gasteiger partial charge is 0.490 e. The zero-order chi connectivity index (χ0) is 17.6. The molecule has 2 aromatic carbocycles. The normalized spacial score (nSPS) is 18.7. The lowest BCUT2D eigenvalue weighted by Gasteiger charge is -2.35. The van der Waals surface area contributed by atoms with E-state index in [0.29, 0.717) is 24.7 Å². The third-order valence-electron chi connectivity index (χ3n) is 4.17. The molecule has 1 amide bonds. The van der Waals surface area contributed by atoms with Crippen molar-refractivity contribution in [3.63, 3.8) is 0 Å². The summed E-state index contributed by atoms with van der Waals surface area (Å²) in [5, 5.41) is 0. The minimum absolute atomic E-state index is 0.0159. The summed E-state index contributed by atoms with van der Waals surface area (Å²) in [4.78, 5) is 13.4. The highest BCUT2D eigenvalue weighted by Gasteiger charge is 2.33. The Hall–Kier alpha value is -2.53. The van der Waals surface area contributed by atoms with Gasteiger partial charge >= 0.3 is 0 Å². The lowest BCUT2D eigenvalue weighted by Crippen LogP contribution is -2.47. The van der Waals surface area contributed by atoms with Crippen LogP contribution < -0.4 is 9.47 Å². The Morgan fingerprint density at radius 3 is 2.48 bits per heavy atom. The summed E-state index contributed by atoms with van der Waals surface area (Å²) in [7, 11) is 1.79. The van der Waals surface area contributed by atoms with Crippen LogP contribution in [0.25, 0.3) is 0 Å². The van der Waals surface area contributed by atoms with Crippen LogP contribution >= 0.6 is 0 Å². The molecule has 25 heavy (non-hydrogen) atoms. The van der Waals surface area contributed by atoms with E-state index in [1.54, 1.807) is 11.9 Å². The summed E-state index contributed by atoms with van der Waals surface area (Å²) in [6.07, 6.45) is -0.585. The first-order valence-electron chi connectivity index (χ1n) is 8.48. The molecule has 1 aliphatic rings. The van der Waals surface area contributed by atoms with Crippen LogP contribution in [0.5, 0.6) is 11.5 Å². The van der Waals surface area contributed by atoms with Crippen LogP contribution in [0.15, 0.2) is 54.6 Å². The fourth-order valence-electron chi connectivity index (χ4n) is 2.86. The number of benzene rings is 2. The SMILES string of the molecule is CCOc1ccccc1OC(c1ccccc1)C1CN(C)C(=O)CO1. The van der Waals surface area contributed by atoms with E-state index >= 15 is 0 Å². The van der Waals surface area contributed by atoms with Gasteiger partial charge in [-0.3, -0.25) is 4.79 Å². The number of carbonyl (C=O) groups excluding carboxylic acids is 1. The van der Waals surface area contributed by atoms with Crippen molar-refractivity contribution in [2.24, 2.45) is 0 Å². The Kier molecular flexibility index (Phi) is 5.56. The number of hydrogen-bond donors (Lipinski definition) is 0. The number of ether oxygens (including phenoxy) is 3. The van der Waals surface area contributed by atoms with Gasteiger partial charge in [-0.25, -0.2) is 0 Å². The minimum Gasteiger partial charge on any atom is -0.490 e. The molecule has 0 bridgehead atoms. The van der Waals surface area contributed by atoms with Crippen molar-refractivity contribution in [1.29, 1.82) is 0 Å². The lowest BCUT2D eigenvalue weighted by molar-refractivity contribution is -0.152. The molecule has 2 atom stereocenters. The summed E-state index contributed by atoms with van der Waals surface area (Å²) in [5.41, 5.74) is 1.00. The van der Waals surface area contributed by atoms with Crippen molar-refractivity contribution in [1.82, 2.24) is 4.90 Å². The van der Waals surface area contributed by atoms with Crippen LogP contribution in [0.2, 0.25) is 0 Å². The third kappa shape index (κ3) is 4.12. The Morgan fingerprint density at radius 1 is 1.12 bits per heavy atom. The van der Waals surface area contributed by atoms with Gasteiger partial charge < -0.3 is 19.1 Å². The van der Waals surface area contributed by atoms with Crippen LogP contribution in [0.1, 0.15) is 18.6 Å². The number of amides is 1. The van der Waals surface area contributed by atoms with Crippen LogP contribution in [0.4, 0.5) is 0 Å². The number of para-hydroxylation sites is 2. The molecule has 1 aliphatic heterocycles. The zero-order valence-electron chi connectivity index (χ0n) is 14.6. The average molecular weight is 341 g/mol. The van der Waals surface area contributed by atoms with Gasteiger partial charge in [0.15, 0.2) is 17.6 Å². The first-order valence-corrected chi connectivity index (χ1v) is 8.48. The summed E-state index contributed by atoms with van der Waals surface area (Å²) in [6.45, 7) is 3.06. The molecule has 1 fully saturated rings. The fourth-order valence-corrected chi connectivity index (χ4v) is 2.86. The molecule has 0 radical (unpaired) electrons. The second kappa shape index (κ2) is 8.03. The first-order chi connectivity index (χ1) is 12.2. The van der Waals surface area contributed by atoms with E-state index in [1.165, 1.54) is 0 Å². The molecule has 2 aromatic rings. The van der Waals surface area contributed by atoms with E-state index in [2.05, 4.69) is 0 Å². The van der Waals surface area contributed by atoms with Gasteiger partial charge in [0.2, 0.25) is 5.91 Å². The smallest absolute Gasteiger partial charge is 0.248 e. The van der Waals surface area contributed by atoms with Crippen LogP contribution in [0, 0.1) is 0 Å². The van der Waals surface area contributed by atoms with E-state index in [9.17, 15) is 4.79 Å². The predicted molar refractivity (Wildman–Crippen MR) is 94.8 cm³/mol. The van der Waals surface area contributed by atoms with Crippen molar-refractivity contribution in [2.75, 3.05) is 26.8 Å². The van der Waals surface area contributed by atoms with Crippen molar-refractivity contribution in [3.05, 3.63) is 60.2 Å². The Morgan fingerprint density at radius 2 is 1.80 bits per heavy atom. The molecular formula is C20H23NO4. The molecule has 0 N–H and O–H groups in total. The van der Waals surface area contributed by atoms with Crippen LogP contribution in [0.3, 0.4) is 0 Å². The van der Waals surface area contributed by atoms with Crippen molar-refractivity contribution >= 4 is 5.91 Å². The quantitative estimate of drug-likeness (QED) is 0.810. The van der Waals surface area contributed by atoms with Gasteiger partial charge in [0.25, 0.3) is 0 Å². The highest BCUT2D eigenvalue weighted by molar-refractivity contribution is 5.77. The molecule has 0 aromatic heterocycles. The maximum atomic E-state index is 11.7. The summed E-state index contributed by atoms with van der Waals surface area (Å²) < 4.78 is 17.8. The number of likely N-dealkylation sites (N-methyl/N-ethyl adjacent to an activating group) is 1. The van der Waals surface area contributed by atoms with Crippen molar-refractivity contribution in [2.45, 2.75) is 19.1 Å². The van der Waals surface area contributed by atoms with Crippen LogP contribution in [-0.4, -0.2) is 43.7 Å². The second-order valence-electron chi connectivity index (χ2n) is 5.95. The molecule has 1 heterocycles. The van der Waals surface area contributed by atoms with Crippen LogP contribution in [-0.2, 0) is 9.53 Å². The van der Waals surface area contributed by atoms with Gasteiger partial charge in [-0.15, -0.1) is 0 Å². The number of nitrogens with zero attached hydrogens (tertiary/aromatic N) is 1. The maximum absolute atomic E-state index is 11.7. The molecule has 0 spiro atoms. The number of carbonyl (C=O) groups is 1. The molecule has 2 unspecified atom stereocenters.